The standard InChI is InChI=1S/C25H30N2O3/c1-25(2)21-15-23-22(29-17-30-23)14-20(21)24(28)27(25)13-10-18-8-11-26(12-9-18)16-19-6-4-3-5-7-19/h3-7,14-15,18H,8-13,16-17H2,1-2H3. The molecule has 1 amide bonds. The lowest BCUT2D eigenvalue weighted by atomic mass is 9.91. The lowest BCUT2D eigenvalue weighted by Crippen LogP contribution is -2.41. The van der Waals surface area contributed by atoms with E-state index in [1.54, 1.807) is 0 Å². The van der Waals surface area contributed by atoms with Gasteiger partial charge in [0.05, 0.1) is 5.54 Å². The van der Waals surface area contributed by atoms with Crippen molar-refractivity contribution in [1.29, 1.82) is 0 Å². The highest BCUT2D eigenvalue weighted by Gasteiger charge is 2.44. The minimum Gasteiger partial charge on any atom is -0.454 e. The Morgan fingerprint density at radius 3 is 2.47 bits per heavy atom. The Morgan fingerprint density at radius 1 is 1.03 bits per heavy atom. The highest BCUT2D eigenvalue weighted by molar-refractivity contribution is 6.00. The summed E-state index contributed by atoms with van der Waals surface area (Å²) in [5.74, 6) is 2.24. The molecule has 0 N–H and O–H groups in total. The minimum absolute atomic E-state index is 0.120. The van der Waals surface area contributed by atoms with Crippen molar-refractivity contribution in [2.75, 3.05) is 26.4 Å². The third kappa shape index (κ3) is 3.45. The van der Waals surface area contributed by atoms with Crippen molar-refractivity contribution in [1.82, 2.24) is 9.80 Å². The van der Waals surface area contributed by atoms with Crippen LogP contribution in [0, 0.1) is 5.92 Å². The summed E-state index contributed by atoms with van der Waals surface area (Å²) in [7, 11) is 0. The second-order valence-electron chi connectivity index (χ2n) is 9.26. The summed E-state index contributed by atoms with van der Waals surface area (Å²) in [6.07, 6.45) is 3.48. The van der Waals surface area contributed by atoms with Gasteiger partial charge in [0.1, 0.15) is 0 Å². The highest BCUT2D eigenvalue weighted by Crippen LogP contribution is 2.45. The van der Waals surface area contributed by atoms with Crippen molar-refractivity contribution >= 4 is 5.91 Å². The van der Waals surface area contributed by atoms with Gasteiger partial charge in [0.25, 0.3) is 5.91 Å². The Bertz CT molecular complexity index is 933. The van der Waals surface area contributed by atoms with E-state index in [0.717, 1.165) is 49.5 Å². The summed E-state index contributed by atoms with van der Waals surface area (Å²) in [4.78, 5) is 17.8. The van der Waals surface area contributed by atoms with Crippen LogP contribution in [0.25, 0.3) is 0 Å². The van der Waals surface area contributed by atoms with Gasteiger partial charge in [-0.3, -0.25) is 9.69 Å². The van der Waals surface area contributed by atoms with Crippen molar-refractivity contribution in [2.24, 2.45) is 5.92 Å². The number of hydrogen-bond acceptors (Lipinski definition) is 4. The van der Waals surface area contributed by atoms with E-state index >= 15 is 0 Å². The molecule has 1 fully saturated rings. The van der Waals surface area contributed by atoms with Gasteiger partial charge in [0.2, 0.25) is 6.79 Å². The first-order valence-electron chi connectivity index (χ1n) is 11.0. The van der Waals surface area contributed by atoms with Gasteiger partial charge >= 0.3 is 0 Å². The lowest BCUT2D eigenvalue weighted by Gasteiger charge is -2.36. The number of fused-ring (bicyclic) bond motifs is 2. The van der Waals surface area contributed by atoms with Crippen molar-refractivity contribution in [2.45, 2.75) is 45.2 Å². The Labute approximate surface area is 178 Å². The first-order chi connectivity index (χ1) is 14.5. The molecule has 0 unspecified atom stereocenters. The molecule has 0 saturated carbocycles. The highest BCUT2D eigenvalue weighted by atomic mass is 16.7. The van der Waals surface area contributed by atoms with Crippen molar-refractivity contribution in [3.63, 3.8) is 0 Å². The molecule has 2 aromatic carbocycles. The number of amides is 1. The van der Waals surface area contributed by atoms with Gasteiger partial charge in [-0.25, -0.2) is 0 Å². The molecule has 2 aromatic rings. The van der Waals surface area contributed by atoms with Crippen molar-refractivity contribution in [3.05, 3.63) is 59.2 Å². The van der Waals surface area contributed by atoms with Crippen LogP contribution in [0.15, 0.2) is 42.5 Å². The van der Waals surface area contributed by atoms with Crippen LogP contribution in [0.2, 0.25) is 0 Å². The fraction of sp³-hybridized carbons (Fsp3) is 0.480. The summed E-state index contributed by atoms with van der Waals surface area (Å²) < 4.78 is 11.0. The molecule has 0 aromatic heterocycles. The van der Waals surface area contributed by atoms with Gasteiger partial charge in [-0.15, -0.1) is 0 Å². The third-order valence-electron chi connectivity index (χ3n) is 7.04. The normalized spacial score (nSPS) is 20.6. The van der Waals surface area contributed by atoms with Gasteiger partial charge in [-0.1, -0.05) is 30.3 Å². The van der Waals surface area contributed by atoms with Crippen molar-refractivity contribution < 1.29 is 14.3 Å². The summed E-state index contributed by atoms with van der Waals surface area (Å²) in [6.45, 7) is 8.63. The molecule has 0 spiro atoms. The van der Waals surface area contributed by atoms with Crippen LogP contribution >= 0.6 is 0 Å². The summed E-state index contributed by atoms with van der Waals surface area (Å²) >= 11 is 0. The van der Waals surface area contributed by atoms with Gasteiger partial charge in [-0.2, -0.15) is 0 Å². The first-order valence-corrected chi connectivity index (χ1v) is 11.0. The predicted molar refractivity (Wildman–Crippen MR) is 116 cm³/mol. The average molecular weight is 407 g/mol. The van der Waals surface area contributed by atoms with Crippen LogP contribution in [-0.2, 0) is 12.1 Å². The fourth-order valence-electron chi connectivity index (χ4n) is 5.14. The zero-order valence-electron chi connectivity index (χ0n) is 17.9. The van der Waals surface area contributed by atoms with E-state index in [4.69, 9.17) is 9.47 Å². The van der Waals surface area contributed by atoms with Crippen LogP contribution in [0.3, 0.4) is 0 Å². The first kappa shape index (κ1) is 19.4. The number of hydrogen-bond donors (Lipinski definition) is 0. The number of benzene rings is 2. The second kappa shape index (κ2) is 7.62. The number of carbonyl (C=O) groups is 1. The number of ether oxygens (including phenoxy) is 2. The monoisotopic (exact) mass is 406 g/mol. The Morgan fingerprint density at radius 2 is 1.73 bits per heavy atom. The zero-order valence-corrected chi connectivity index (χ0v) is 17.9. The SMILES string of the molecule is CC1(C)c2cc3c(cc2C(=O)N1CCC1CCN(Cc2ccccc2)CC1)OCO3. The smallest absolute Gasteiger partial charge is 0.255 e. The van der Waals surface area contributed by atoms with E-state index < -0.39 is 0 Å². The zero-order chi connectivity index (χ0) is 20.7. The maximum atomic E-state index is 13.2. The van der Waals surface area contributed by atoms with Gasteiger partial charge in [-0.05, 0) is 75.4 Å². The van der Waals surface area contributed by atoms with Crippen LogP contribution in [0.4, 0.5) is 0 Å². The molecule has 3 aliphatic heterocycles. The molecule has 3 aliphatic rings. The van der Waals surface area contributed by atoms with Crippen LogP contribution in [0.5, 0.6) is 11.5 Å². The molecule has 30 heavy (non-hydrogen) atoms. The number of carbonyl (C=O) groups excluding carboxylic acids is 1. The molecular formula is C25H30N2O3. The Hall–Kier alpha value is -2.53. The molecule has 5 rings (SSSR count). The predicted octanol–water partition coefficient (Wildman–Crippen LogP) is 4.41. The molecule has 3 heterocycles. The van der Waals surface area contributed by atoms with E-state index in [-0.39, 0.29) is 18.2 Å². The van der Waals surface area contributed by atoms with E-state index in [1.165, 1.54) is 18.4 Å². The largest absolute Gasteiger partial charge is 0.454 e. The second-order valence-corrected chi connectivity index (χ2v) is 9.26. The van der Waals surface area contributed by atoms with Gasteiger partial charge in [0, 0.05) is 18.7 Å². The number of nitrogens with zero attached hydrogens (tertiary/aromatic N) is 2. The number of likely N-dealkylation sites (tertiary alicyclic amines) is 1. The van der Waals surface area contributed by atoms with E-state index in [9.17, 15) is 4.79 Å². The van der Waals surface area contributed by atoms with Crippen LogP contribution in [0.1, 0.15) is 54.6 Å². The summed E-state index contributed by atoms with van der Waals surface area (Å²) in [6, 6.07) is 14.6. The van der Waals surface area contributed by atoms with E-state index in [2.05, 4.69) is 49.1 Å². The lowest BCUT2D eigenvalue weighted by molar-refractivity contribution is 0.0583. The molecule has 1 saturated heterocycles. The molecule has 0 radical (unpaired) electrons. The van der Waals surface area contributed by atoms with Crippen LogP contribution < -0.4 is 9.47 Å². The molecule has 158 valence electrons. The van der Waals surface area contributed by atoms with Gasteiger partial charge in [0.15, 0.2) is 11.5 Å². The Kier molecular flexibility index (Phi) is 4.94. The minimum atomic E-state index is -0.318. The number of rotatable bonds is 5. The molecule has 0 aliphatic carbocycles. The quantitative estimate of drug-likeness (QED) is 0.738. The third-order valence-corrected chi connectivity index (χ3v) is 7.04. The molecule has 0 bridgehead atoms. The van der Waals surface area contributed by atoms with Crippen LogP contribution in [-0.4, -0.2) is 42.1 Å². The molecular weight excluding hydrogens is 376 g/mol. The maximum absolute atomic E-state index is 13.2. The summed E-state index contributed by atoms with van der Waals surface area (Å²) in [5, 5.41) is 0. The number of piperidine rings is 1. The molecule has 0 atom stereocenters. The summed E-state index contributed by atoms with van der Waals surface area (Å²) in [5.41, 5.74) is 2.89. The topological polar surface area (TPSA) is 42.0 Å². The van der Waals surface area contributed by atoms with Crippen molar-refractivity contribution in [3.8, 4) is 11.5 Å². The Balaban J connectivity index is 1.19. The molecule has 5 nitrogen and oxygen atoms in total. The van der Waals surface area contributed by atoms with E-state index in [1.807, 2.05) is 17.0 Å². The average Bonchev–Trinajstić information content (AvgIpc) is 3.28. The fourth-order valence-corrected chi connectivity index (χ4v) is 5.14. The van der Waals surface area contributed by atoms with Gasteiger partial charge < -0.3 is 14.4 Å². The maximum Gasteiger partial charge on any atom is 0.255 e. The van der Waals surface area contributed by atoms with E-state index in [0.29, 0.717) is 11.7 Å². The molecule has 5 heteroatoms.